The molecule has 0 bridgehead atoms. The quantitative estimate of drug-likeness (QED) is 0.651. The van der Waals surface area contributed by atoms with Gasteiger partial charge >= 0.3 is 5.97 Å². The van der Waals surface area contributed by atoms with Crippen LogP contribution in [0.25, 0.3) is 0 Å². The van der Waals surface area contributed by atoms with E-state index in [2.05, 4.69) is 0 Å². The first-order chi connectivity index (χ1) is 7.58. The summed E-state index contributed by atoms with van der Waals surface area (Å²) in [4.78, 5) is 10.7. The fourth-order valence-corrected chi connectivity index (χ4v) is 1.49. The highest BCUT2D eigenvalue weighted by Crippen LogP contribution is 2.19. The molecule has 1 aromatic carbocycles. The molecule has 0 aliphatic carbocycles. The first-order valence-corrected chi connectivity index (χ1v) is 4.84. The van der Waals surface area contributed by atoms with Crippen molar-refractivity contribution in [3.05, 3.63) is 29.3 Å². The highest BCUT2D eigenvalue weighted by atomic mass is 16.5. The second-order valence-electron chi connectivity index (χ2n) is 3.53. The van der Waals surface area contributed by atoms with Crippen LogP contribution in [0.5, 0.6) is 5.75 Å². The molecule has 0 aromatic heterocycles. The first kappa shape index (κ1) is 12.5. The summed E-state index contributed by atoms with van der Waals surface area (Å²) in [7, 11) is 1.58. The van der Waals surface area contributed by atoms with Crippen LogP contribution in [-0.4, -0.2) is 29.4 Å². The van der Waals surface area contributed by atoms with Gasteiger partial charge in [0.1, 0.15) is 11.8 Å². The number of carbonyl (C=O) groups is 1. The summed E-state index contributed by atoms with van der Waals surface area (Å²) in [5.74, 6) is -0.330. The fraction of sp³-hybridized carbons (Fsp3) is 0.364. The molecule has 0 heterocycles. The van der Waals surface area contributed by atoms with Gasteiger partial charge in [0.25, 0.3) is 0 Å². The van der Waals surface area contributed by atoms with Gasteiger partial charge in [-0.05, 0) is 24.1 Å². The molecule has 16 heavy (non-hydrogen) atoms. The number of carboxylic acids is 1. The van der Waals surface area contributed by atoms with Gasteiger partial charge in [0, 0.05) is 6.42 Å². The Morgan fingerprint density at radius 3 is 2.69 bits per heavy atom. The lowest BCUT2D eigenvalue weighted by Gasteiger charge is -2.11. The fourth-order valence-electron chi connectivity index (χ4n) is 1.49. The van der Waals surface area contributed by atoms with Crippen molar-refractivity contribution in [2.45, 2.75) is 19.4 Å². The third-order valence-electron chi connectivity index (χ3n) is 2.35. The van der Waals surface area contributed by atoms with Crippen molar-refractivity contribution in [3.63, 3.8) is 0 Å². The van der Waals surface area contributed by atoms with Crippen LogP contribution in [-0.2, 0) is 11.2 Å². The third-order valence-corrected chi connectivity index (χ3v) is 2.35. The molecular weight excluding hydrogens is 210 g/mol. The topological polar surface area (TPSA) is 78.8 Å². The van der Waals surface area contributed by atoms with E-state index in [1.807, 2.05) is 13.0 Å². The summed E-state index contributed by atoms with van der Waals surface area (Å²) in [6.45, 7) is 1.88. The Hall–Kier alpha value is -1.59. The summed E-state index contributed by atoms with van der Waals surface area (Å²) in [5, 5.41) is 17.4. The Morgan fingerprint density at radius 2 is 2.25 bits per heavy atom. The monoisotopic (exact) mass is 225 g/mol. The van der Waals surface area contributed by atoms with Crippen LogP contribution in [0.3, 0.4) is 0 Å². The molecule has 0 fully saturated rings. The van der Waals surface area contributed by atoms with Crippen LogP contribution in [0.1, 0.15) is 11.1 Å². The van der Waals surface area contributed by atoms with Crippen LogP contribution in [0.4, 0.5) is 0 Å². The Kier molecular flexibility index (Phi) is 4.28. The summed E-state index contributed by atoms with van der Waals surface area (Å²) in [5.41, 5.74) is 3.53. The first-order valence-electron chi connectivity index (χ1n) is 4.84. The number of benzene rings is 1. The van der Waals surface area contributed by atoms with Gasteiger partial charge in [-0.3, -0.25) is 4.79 Å². The molecule has 0 aliphatic heterocycles. The molecule has 5 heteroatoms. The van der Waals surface area contributed by atoms with Crippen LogP contribution >= 0.6 is 0 Å². The number of carboxylic acid groups (broad SMARTS) is 1. The maximum absolute atomic E-state index is 10.7. The van der Waals surface area contributed by atoms with Crippen LogP contribution in [0.15, 0.2) is 18.2 Å². The van der Waals surface area contributed by atoms with Crippen molar-refractivity contribution in [1.29, 1.82) is 0 Å². The summed E-state index contributed by atoms with van der Waals surface area (Å²) < 4.78 is 5.10. The van der Waals surface area contributed by atoms with Crippen molar-refractivity contribution >= 4 is 5.97 Å². The number of aryl methyl sites for hydroxylation is 1. The number of ether oxygens (including phenoxy) is 1. The lowest BCUT2D eigenvalue weighted by Crippen LogP contribution is -2.36. The van der Waals surface area contributed by atoms with E-state index in [-0.39, 0.29) is 6.42 Å². The predicted molar refractivity (Wildman–Crippen MR) is 57.8 cm³/mol. The van der Waals surface area contributed by atoms with Gasteiger partial charge < -0.3 is 15.1 Å². The van der Waals surface area contributed by atoms with Gasteiger partial charge in [0.05, 0.1) is 7.11 Å². The zero-order valence-electron chi connectivity index (χ0n) is 9.23. The highest BCUT2D eigenvalue weighted by Gasteiger charge is 2.16. The lowest BCUT2D eigenvalue weighted by molar-refractivity contribution is -0.142. The maximum atomic E-state index is 10.7. The molecule has 0 saturated heterocycles. The summed E-state index contributed by atoms with van der Waals surface area (Å²) in [6.07, 6.45) is 0.219. The molecular formula is C11H15NO4. The maximum Gasteiger partial charge on any atom is 0.323 e. The predicted octanol–water partition coefficient (Wildman–Crippen LogP) is 0.978. The number of methoxy groups -OCH3 is 1. The minimum atomic E-state index is -1.09. The van der Waals surface area contributed by atoms with E-state index < -0.39 is 12.0 Å². The largest absolute Gasteiger partial charge is 0.496 e. The number of hydroxylamine groups is 1. The van der Waals surface area contributed by atoms with Gasteiger partial charge in [0.15, 0.2) is 0 Å². The lowest BCUT2D eigenvalue weighted by atomic mass is 10.0. The van der Waals surface area contributed by atoms with Gasteiger partial charge in [-0.1, -0.05) is 12.1 Å². The second-order valence-corrected chi connectivity index (χ2v) is 3.53. The molecule has 0 radical (unpaired) electrons. The van der Waals surface area contributed by atoms with Crippen LogP contribution < -0.4 is 10.2 Å². The molecule has 0 amide bonds. The Balaban J connectivity index is 2.81. The normalized spacial score (nSPS) is 12.2. The van der Waals surface area contributed by atoms with E-state index in [1.54, 1.807) is 24.7 Å². The number of hydrogen-bond donors (Lipinski definition) is 3. The Morgan fingerprint density at radius 1 is 1.56 bits per heavy atom. The number of nitrogens with one attached hydrogen (secondary N) is 1. The second kappa shape index (κ2) is 5.48. The molecule has 0 aliphatic rings. The SMILES string of the molecule is COc1ccc(C[C@H](NO)C(=O)O)cc1C. The third kappa shape index (κ3) is 2.95. The molecule has 0 unspecified atom stereocenters. The molecule has 1 rings (SSSR count). The molecule has 0 saturated carbocycles. The molecule has 3 N–H and O–H groups in total. The van der Waals surface area contributed by atoms with Crippen molar-refractivity contribution in [1.82, 2.24) is 5.48 Å². The van der Waals surface area contributed by atoms with Gasteiger partial charge in [0.2, 0.25) is 0 Å². The zero-order valence-corrected chi connectivity index (χ0v) is 9.23. The Labute approximate surface area is 93.6 Å². The molecule has 0 spiro atoms. The number of aliphatic carboxylic acids is 1. The smallest absolute Gasteiger partial charge is 0.323 e. The van der Waals surface area contributed by atoms with E-state index in [0.717, 1.165) is 16.9 Å². The average Bonchev–Trinajstić information content (AvgIpc) is 2.25. The van der Waals surface area contributed by atoms with Gasteiger partial charge in [-0.15, -0.1) is 0 Å². The van der Waals surface area contributed by atoms with E-state index in [4.69, 9.17) is 15.1 Å². The van der Waals surface area contributed by atoms with E-state index in [1.165, 1.54) is 0 Å². The molecule has 5 nitrogen and oxygen atoms in total. The molecule has 1 aromatic rings. The highest BCUT2D eigenvalue weighted by molar-refractivity contribution is 5.73. The summed E-state index contributed by atoms with van der Waals surface area (Å²) in [6, 6.07) is 4.40. The standard InChI is InChI=1S/C11H15NO4/c1-7-5-8(3-4-10(7)16-2)6-9(12-15)11(13)14/h3-5,9,12,15H,6H2,1-2H3,(H,13,14)/t9-/m0/s1. The zero-order chi connectivity index (χ0) is 12.1. The Bertz CT molecular complexity index is 378. The summed E-state index contributed by atoms with van der Waals surface area (Å²) >= 11 is 0. The van der Waals surface area contributed by atoms with E-state index >= 15 is 0 Å². The number of hydrogen-bond acceptors (Lipinski definition) is 4. The van der Waals surface area contributed by atoms with Gasteiger partial charge in [-0.25, -0.2) is 0 Å². The van der Waals surface area contributed by atoms with E-state index in [0.29, 0.717) is 0 Å². The minimum Gasteiger partial charge on any atom is -0.496 e. The molecule has 88 valence electrons. The van der Waals surface area contributed by atoms with Crippen LogP contribution in [0.2, 0.25) is 0 Å². The van der Waals surface area contributed by atoms with E-state index in [9.17, 15) is 4.79 Å². The van der Waals surface area contributed by atoms with Crippen molar-refractivity contribution in [3.8, 4) is 5.75 Å². The average molecular weight is 225 g/mol. The minimum absolute atomic E-state index is 0.219. The van der Waals surface area contributed by atoms with Crippen molar-refractivity contribution in [2.75, 3.05) is 7.11 Å². The molecule has 1 atom stereocenters. The van der Waals surface area contributed by atoms with Crippen molar-refractivity contribution < 1.29 is 19.8 Å². The van der Waals surface area contributed by atoms with Gasteiger partial charge in [-0.2, -0.15) is 5.48 Å². The number of rotatable bonds is 5. The van der Waals surface area contributed by atoms with Crippen LogP contribution in [0, 0.1) is 6.92 Å². The van der Waals surface area contributed by atoms with Crippen molar-refractivity contribution in [2.24, 2.45) is 0 Å².